The molecule has 4 heterocycles. The molecule has 1 atom stereocenters. The summed E-state index contributed by atoms with van der Waals surface area (Å²) < 4.78 is 0. The van der Waals surface area contributed by atoms with E-state index in [1.54, 1.807) is 29.4 Å². The summed E-state index contributed by atoms with van der Waals surface area (Å²) in [5.41, 5.74) is 0.563. The molecule has 0 aliphatic carbocycles. The van der Waals surface area contributed by atoms with Gasteiger partial charge in [-0.3, -0.25) is 9.59 Å². The maximum Gasteiger partial charge on any atom is 0.246 e. The predicted molar refractivity (Wildman–Crippen MR) is 97.9 cm³/mol. The highest BCUT2D eigenvalue weighted by atomic mass is 32.1. The summed E-state index contributed by atoms with van der Waals surface area (Å²) in [6.45, 7) is 3.75. The number of anilines is 2. The van der Waals surface area contributed by atoms with Crippen LogP contribution in [0.2, 0.25) is 0 Å². The highest BCUT2D eigenvalue weighted by Gasteiger charge is 2.50. The van der Waals surface area contributed by atoms with Crippen LogP contribution in [0.5, 0.6) is 0 Å². The highest BCUT2D eigenvalue weighted by Crippen LogP contribution is 2.36. The average Bonchev–Trinajstić information content (AvgIpc) is 3.28. The highest BCUT2D eigenvalue weighted by molar-refractivity contribution is 7.08. The van der Waals surface area contributed by atoms with Crippen LogP contribution in [0.25, 0.3) is 0 Å². The molecule has 25 heavy (non-hydrogen) atoms. The Kier molecular flexibility index (Phi) is 3.95. The second kappa shape index (κ2) is 6.15. The number of aromatic nitrogens is 1. The van der Waals surface area contributed by atoms with Crippen LogP contribution in [0.15, 0.2) is 41.2 Å². The number of amides is 2. The zero-order valence-corrected chi connectivity index (χ0v) is 14.9. The van der Waals surface area contributed by atoms with Crippen molar-refractivity contribution in [1.29, 1.82) is 0 Å². The first-order valence-corrected chi connectivity index (χ1v) is 9.30. The summed E-state index contributed by atoms with van der Waals surface area (Å²) in [4.78, 5) is 35.1. The fourth-order valence-electron chi connectivity index (χ4n) is 3.89. The number of rotatable bonds is 2. The fourth-order valence-corrected chi connectivity index (χ4v) is 4.53. The number of pyridine rings is 1. The van der Waals surface area contributed by atoms with E-state index in [4.69, 9.17) is 0 Å². The minimum atomic E-state index is -0.362. The first-order chi connectivity index (χ1) is 12.1. The van der Waals surface area contributed by atoms with Gasteiger partial charge in [0, 0.05) is 31.6 Å². The van der Waals surface area contributed by atoms with Gasteiger partial charge in [0.05, 0.1) is 17.8 Å². The summed E-state index contributed by atoms with van der Waals surface area (Å²) >= 11 is 1.58. The Labute approximate surface area is 150 Å². The Morgan fingerprint density at radius 3 is 2.84 bits per heavy atom. The molecule has 2 amide bonds. The molecule has 0 N–H and O–H groups in total. The molecule has 1 spiro atoms. The summed E-state index contributed by atoms with van der Waals surface area (Å²) in [6, 6.07) is 7.82. The van der Waals surface area contributed by atoms with E-state index in [1.807, 2.05) is 39.9 Å². The van der Waals surface area contributed by atoms with Gasteiger partial charge in [-0.2, -0.15) is 11.3 Å². The Balaban J connectivity index is 1.65. The lowest BCUT2D eigenvalue weighted by molar-refractivity contribution is -0.142. The topological polar surface area (TPSA) is 56.8 Å². The lowest BCUT2D eigenvalue weighted by Crippen LogP contribution is -2.66. The van der Waals surface area contributed by atoms with Crippen molar-refractivity contribution in [3.63, 3.8) is 0 Å². The molecule has 2 saturated heterocycles. The smallest absolute Gasteiger partial charge is 0.246 e. The lowest BCUT2D eigenvalue weighted by atomic mass is 9.92. The van der Waals surface area contributed by atoms with Crippen LogP contribution >= 0.6 is 11.3 Å². The molecular formula is C18H20N4O2S. The summed E-state index contributed by atoms with van der Waals surface area (Å²) in [5.74, 6) is 0.860. The number of nitrogens with zero attached hydrogens (tertiary/aromatic N) is 4. The normalized spacial score (nSPS) is 23.6. The number of thiophene rings is 1. The number of hydrogen-bond acceptors (Lipinski definition) is 5. The molecule has 2 aromatic heterocycles. The molecule has 2 aliphatic heterocycles. The SMILES string of the molecule is CC(=O)N1CC(=O)N(c2ccsc2)CC12CCN(c1ccccn1)C2. The number of carbonyl (C=O) groups is 2. The van der Waals surface area contributed by atoms with Gasteiger partial charge >= 0.3 is 0 Å². The summed E-state index contributed by atoms with van der Waals surface area (Å²) in [6.07, 6.45) is 2.61. The number of hydrogen-bond donors (Lipinski definition) is 0. The summed E-state index contributed by atoms with van der Waals surface area (Å²) in [7, 11) is 0. The zero-order chi connectivity index (χ0) is 17.4. The van der Waals surface area contributed by atoms with Gasteiger partial charge in [-0.05, 0) is 30.0 Å². The maximum atomic E-state index is 12.6. The molecule has 2 aliphatic rings. The van der Waals surface area contributed by atoms with Crippen LogP contribution in [0.4, 0.5) is 11.5 Å². The first-order valence-electron chi connectivity index (χ1n) is 8.36. The van der Waals surface area contributed by atoms with Gasteiger partial charge in [0.1, 0.15) is 12.4 Å². The number of piperazine rings is 1. The van der Waals surface area contributed by atoms with Crippen molar-refractivity contribution < 1.29 is 9.59 Å². The second-order valence-corrected chi connectivity index (χ2v) is 7.43. The van der Waals surface area contributed by atoms with Gasteiger partial charge in [0.15, 0.2) is 0 Å². The minimum absolute atomic E-state index is 0.0180. The van der Waals surface area contributed by atoms with E-state index in [-0.39, 0.29) is 23.9 Å². The summed E-state index contributed by atoms with van der Waals surface area (Å²) in [5, 5.41) is 3.96. The molecule has 1 unspecified atom stereocenters. The molecule has 2 fully saturated rings. The van der Waals surface area contributed by atoms with Gasteiger partial charge < -0.3 is 14.7 Å². The van der Waals surface area contributed by atoms with Crippen molar-refractivity contribution in [2.75, 3.05) is 36.0 Å². The Morgan fingerprint density at radius 2 is 2.16 bits per heavy atom. The van der Waals surface area contributed by atoms with Crippen LogP contribution in [-0.2, 0) is 9.59 Å². The third-order valence-electron chi connectivity index (χ3n) is 5.12. The predicted octanol–water partition coefficient (Wildman–Crippen LogP) is 1.99. The molecule has 2 aromatic rings. The first kappa shape index (κ1) is 16.1. The third-order valence-corrected chi connectivity index (χ3v) is 5.79. The molecule has 0 saturated carbocycles. The van der Waals surface area contributed by atoms with E-state index >= 15 is 0 Å². The fraction of sp³-hybridized carbons (Fsp3) is 0.389. The van der Waals surface area contributed by atoms with Crippen LogP contribution < -0.4 is 9.80 Å². The minimum Gasteiger partial charge on any atom is -0.354 e. The van der Waals surface area contributed by atoms with E-state index in [1.165, 1.54) is 0 Å². The average molecular weight is 356 g/mol. The quantitative estimate of drug-likeness (QED) is 0.826. The molecule has 6 nitrogen and oxygen atoms in total. The van der Waals surface area contributed by atoms with Crippen molar-refractivity contribution in [1.82, 2.24) is 9.88 Å². The van der Waals surface area contributed by atoms with Gasteiger partial charge in [0.25, 0.3) is 0 Å². The molecule has 0 radical (unpaired) electrons. The van der Waals surface area contributed by atoms with Crippen LogP contribution in [-0.4, -0.2) is 53.4 Å². The Hall–Kier alpha value is -2.41. The standard InChI is InChI=1S/C18H20N4O2S/c1-14(23)22-10-17(24)21(15-5-9-25-11-15)13-18(22)6-8-20(12-18)16-4-2-3-7-19-16/h2-5,7,9,11H,6,8,10,12-13H2,1H3. The largest absolute Gasteiger partial charge is 0.354 e. The van der Waals surface area contributed by atoms with Crippen LogP contribution in [0.3, 0.4) is 0 Å². The number of carbonyl (C=O) groups excluding carboxylic acids is 2. The van der Waals surface area contributed by atoms with E-state index < -0.39 is 0 Å². The monoisotopic (exact) mass is 356 g/mol. The molecule has 0 bridgehead atoms. The van der Waals surface area contributed by atoms with Crippen molar-refractivity contribution >= 4 is 34.7 Å². The third kappa shape index (κ3) is 2.78. The van der Waals surface area contributed by atoms with Crippen LogP contribution in [0.1, 0.15) is 13.3 Å². The zero-order valence-electron chi connectivity index (χ0n) is 14.1. The van der Waals surface area contributed by atoms with Crippen molar-refractivity contribution in [3.8, 4) is 0 Å². The van der Waals surface area contributed by atoms with E-state index in [0.717, 1.165) is 24.5 Å². The maximum absolute atomic E-state index is 12.6. The molecule has 0 aromatic carbocycles. The van der Waals surface area contributed by atoms with Gasteiger partial charge in [-0.1, -0.05) is 6.07 Å². The molecule has 4 rings (SSSR count). The van der Waals surface area contributed by atoms with Crippen molar-refractivity contribution in [2.24, 2.45) is 0 Å². The Bertz CT molecular complexity index is 780. The second-order valence-electron chi connectivity index (χ2n) is 6.65. The Morgan fingerprint density at radius 1 is 1.28 bits per heavy atom. The lowest BCUT2D eigenvalue weighted by Gasteiger charge is -2.47. The van der Waals surface area contributed by atoms with Crippen LogP contribution in [0, 0.1) is 0 Å². The van der Waals surface area contributed by atoms with E-state index in [0.29, 0.717) is 13.1 Å². The molecule has 130 valence electrons. The van der Waals surface area contributed by atoms with E-state index in [9.17, 15) is 9.59 Å². The van der Waals surface area contributed by atoms with Crippen molar-refractivity contribution in [3.05, 3.63) is 41.2 Å². The van der Waals surface area contributed by atoms with Gasteiger partial charge in [0.2, 0.25) is 11.8 Å². The van der Waals surface area contributed by atoms with Gasteiger partial charge in [-0.15, -0.1) is 0 Å². The molecular weight excluding hydrogens is 336 g/mol. The van der Waals surface area contributed by atoms with Crippen molar-refractivity contribution in [2.45, 2.75) is 18.9 Å². The van der Waals surface area contributed by atoms with E-state index in [2.05, 4.69) is 9.88 Å². The molecule has 7 heteroatoms. The van der Waals surface area contributed by atoms with Gasteiger partial charge in [-0.25, -0.2) is 4.98 Å².